The predicted octanol–water partition coefficient (Wildman–Crippen LogP) is -0.631. The van der Waals surface area contributed by atoms with Gasteiger partial charge in [-0.1, -0.05) is 12.1 Å². The van der Waals surface area contributed by atoms with Crippen LogP contribution in [-0.4, -0.2) is 56.2 Å². The minimum atomic E-state index is -0.191. The molecule has 0 unspecified atom stereocenters. The van der Waals surface area contributed by atoms with Crippen molar-refractivity contribution in [2.45, 2.75) is 26.4 Å². The van der Waals surface area contributed by atoms with Crippen LogP contribution in [0, 0.1) is 0 Å². The molecule has 0 atom stereocenters. The molecule has 1 aromatic rings. The van der Waals surface area contributed by atoms with Gasteiger partial charge in [-0.05, 0) is 31.5 Å². The molecule has 0 saturated carbocycles. The summed E-state index contributed by atoms with van der Waals surface area (Å²) >= 11 is 0. The number of carbonyl (C=O) groups is 2. The summed E-state index contributed by atoms with van der Waals surface area (Å²) in [6.07, 6.45) is 0. The van der Waals surface area contributed by atoms with Crippen LogP contribution in [0.4, 0.5) is 4.79 Å². The van der Waals surface area contributed by atoms with E-state index in [1.54, 1.807) is 12.1 Å². The molecule has 1 heterocycles. The first-order valence-corrected chi connectivity index (χ1v) is 8.44. The highest BCUT2D eigenvalue weighted by Gasteiger charge is 2.18. The molecule has 1 aliphatic rings. The van der Waals surface area contributed by atoms with Crippen molar-refractivity contribution in [3.8, 4) is 0 Å². The quantitative estimate of drug-likeness (QED) is 0.579. The molecule has 0 bridgehead atoms. The van der Waals surface area contributed by atoms with Gasteiger partial charge in [0.1, 0.15) is 0 Å². The van der Waals surface area contributed by atoms with Gasteiger partial charge in [0.25, 0.3) is 5.91 Å². The van der Waals surface area contributed by atoms with Gasteiger partial charge in [-0.15, -0.1) is 0 Å². The molecule has 24 heavy (non-hydrogen) atoms. The Kier molecular flexibility index (Phi) is 6.57. The molecule has 1 aromatic carbocycles. The molecule has 3 amide bonds. The number of nitrogens with zero attached hydrogens (tertiary/aromatic N) is 1. The maximum Gasteiger partial charge on any atom is 0.315 e. The summed E-state index contributed by atoms with van der Waals surface area (Å²) in [4.78, 5) is 25.3. The van der Waals surface area contributed by atoms with E-state index in [2.05, 4.69) is 23.1 Å². The largest absolute Gasteiger partial charge is 0.336 e. The van der Waals surface area contributed by atoms with E-state index in [1.807, 2.05) is 31.0 Å². The molecule has 0 radical (unpaired) electrons. The molecule has 7 nitrogen and oxygen atoms in total. The number of carbonyl (C=O) groups excluding carboxylic acids is 2. The topological polar surface area (TPSA) is 77.9 Å². The Hall–Kier alpha value is -2.12. The molecular formula is C17H28N5O2+. The Morgan fingerprint density at radius 2 is 1.79 bits per heavy atom. The van der Waals surface area contributed by atoms with Crippen molar-refractivity contribution in [2.24, 2.45) is 0 Å². The second-order valence-electron chi connectivity index (χ2n) is 6.56. The van der Waals surface area contributed by atoms with E-state index in [1.165, 1.54) is 4.90 Å². The number of amides is 3. The lowest BCUT2D eigenvalue weighted by atomic mass is 10.1. The smallest absolute Gasteiger partial charge is 0.315 e. The van der Waals surface area contributed by atoms with Crippen LogP contribution >= 0.6 is 0 Å². The van der Waals surface area contributed by atoms with Crippen LogP contribution in [0.1, 0.15) is 29.8 Å². The highest BCUT2D eigenvalue weighted by Crippen LogP contribution is 2.05. The van der Waals surface area contributed by atoms with Gasteiger partial charge in [0.2, 0.25) is 0 Å². The number of piperazine rings is 1. The zero-order valence-electron chi connectivity index (χ0n) is 14.7. The van der Waals surface area contributed by atoms with E-state index in [-0.39, 0.29) is 18.0 Å². The molecule has 4 N–H and O–H groups in total. The summed E-state index contributed by atoms with van der Waals surface area (Å²) in [6.45, 7) is 8.05. The first-order chi connectivity index (χ1) is 11.4. The van der Waals surface area contributed by atoms with Crippen molar-refractivity contribution in [1.82, 2.24) is 21.1 Å². The summed E-state index contributed by atoms with van der Waals surface area (Å²) < 4.78 is 0. The van der Waals surface area contributed by atoms with Gasteiger partial charge in [-0.3, -0.25) is 10.2 Å². The number of urea groups is 1. The SMILES string of the molecule is CC(C)NC(=O)NCc1ccc(C(=O)NN2CC[NH+](C)CC2)cc1. The third-order valence-electron chi connectivity index (χ3n) is 3.97. The number of quaternary nitrogens is 1. The minimum Gasteiger partial charge on any atom is -0.336 e. The fraction of sp³-hybridized carbons (Fsp3) is 0.529. The van der Waals surface area contributed by atoms with Gasteiger partial charge >= 0.3 is 6.03 Å². The first kappa shape index (κ1) is 18.2. The van der Waals surface area contributed by atoms with Crippen molar-refractivity contribution in [2.75, 3.05) is 33.2 Å². The minimum absolute atomic E-state index is 0.0911. The highest BCUT2D eigenvalue weighted by molar-refractivity contribution is 5.93. The van der Waals surface area contributed by atoms with Gasteiger partial charge in [-0.2, -0.15) is 0 Å². The molecule has 1 saturated heterocycles. The Bertz CT molecular complexity index is 551. The molecule has 0 aliphatic carbocycles. The van der Waals surface area contributed by atoms with Gasteiger partial charge in [-0.25, -0.2) is 9.80 Å². The Balaban J connectivity index is 1.80. The summed E-state index contributed by atoms with van der Waals surface area (Å²) in [5.74, 6) is -0.0911. The van der Waals surface area contributed by atoms with E-state index in [4.69, 9.17) is 0 Å². The molecule has 132 valence electrons. The highest BCUT2D eigenvalue weighted by atomic mass is 16.2. The molecule has 2 rings (SSSR count). The van der Waals surface area contributed by atoms with Crippen LogP contribution in [-0.2, 0) is 6.54 Å². The van der Waals surface area contributed by atoms with Crippen LogP contribution in [0.15, 0.2) is 24.3 Å². The van der Waals surface area contributed by atoms with Crippen molar-refractivity contribution < 1.29 is 14.5 Å². The standard InChI is InChI=1S/C17H27N5O2/c1-13(2)19-17(24)18-12-14-4-6-15(7-5-14)16(23)20-22-10-8-21(3)9-11-22/h4-7,13H,8-12H2,1-3H3,(H,20,23)(H2,18,19,24)/p+1. The lowest BCUT2D eigenvalue weighted by Gasteiger charge is -2.30. The maximum absolute atomic E-state index is 12.3. The molecule has 1 aliphatic heterocycles. The van der Waals surface area contributed by atoms with Crippen LogP contribution in [0.25, 0.3) is 0 Å². The second kappa shape index (κ2) is 8.65. The maximum atomic E-state index is 12.3. The van der Waals surface area contributed by atoms with Crippen molar-refractivity contribution in [3.05, 3.63) is 35.4 Å². The number of hydrogen-bond acceptors (Lipinski definition) is 3. The summed E-state index contributed by atoms with van der Waals surface area (Å²) in [5, 5.41) is 7.53. The predicted molar refractivity (Wildman–Crippen MR) is 92.6 cm³/mol. The third kappa shape index (κ3) is 5.82. The Morgan fingerprint density at radius 1 is 1.17 bits per heavy atom. The average Bonchev–Trinajstić information content (AvgIpc) is 2.55. The molecular weight excluding hydrogens is 306 g/mol. The number of hydrogen-bond donors (Lipinski definition) is 4. The van der Waals surface area contributed by atoms with Gasteiger partial charge < -0.3 is 15.5 Å². The number of rotatable bonds is 5. The van der Waals surface area contributed by atoms with Crippen LogP contribution in [0.3, 0.4) is 0 Å². The van der Waals surface area contributed by atoms with Crippen LogP contribution in [0.5, 0.6) is 0 Å². The fourth-order valence-corrected chi connectivity index (χ4v) is 2.48. The third-order valence-corrected chi connectivity index (χ3v) is 3.97. The Labute approximate surface area is 143 Å². The van der Waals surface area contributed by atoms with Gasteiger partial charge in [0.05, 0.1) is 33.2 Å². The number of nitrogens with one attached hydrogen (secondary N) is 4. The zero-order valence-corrected chi connectivity index (χ0v) is 14.7. The van der Waals surface area contributed by atoms with E-state index in [0.717, 1.165) is 31.7 Å². The van der Waals surface area contributed by atoms with Crippen molar-refractivity contribution in [3.63, 3.8) is 0 Å². The van der Waals surface area contributed by atoms with Crippen molar-refractivity contribution in [1.29, 1.82) is 0 Å². The van der Waals surface area contributed by atoms with Crippen molar-refractivity contribution >= 4 is 11.9 Å². The fourth-order valence-electron chi connectivity index (χ4n) is 2.48. The average molecular weight is 334 g/mol. The molecule has 0 aromatic heterocycles. The number of benzene rings is 1. The molecule has 7 heteroatoms. The van der Waals surface area contributed by atoms with Crippen LogP contribution in [0.2, 0.25) is 0 Å². The van der Waals surface area contributed by atoms with E-state index < -0.39 is 0 Å². The number of hydrazine groups is 1. The molecule has 1 fully saturated rings. The monoisotopic (exact) mass is 334 g/mol. The summed E-state index contributed by atoms with van der Waals surface area (Å²) in [6, 6.07) is 7.20. The van der Waals surface area contributed by atoms with Crippen LogP contribution < -0.4 is 21.0 Å². The van der Waals surface area contributed by atoms with Gasteiger partial charge in [0.15, 0.2) is 0 Å². The lowest BCUT2D eigenvalue weighted by Crippen LogP contribution is -3.12. The zero-order chi connectivity index (χ0) is 17.5. The van der Waals surface area contributed by atoms with E-state index in [9.17, 15) is 9.59 Å². The normalized spacial score (nSPS) is 16.0. The Morgan fingerprint density at radius 3 is 2.38 bits per heavy atom. The number of likely N-dealkylation sites (N-methyl/N-ethyl adjacent to an activating group) is 1. The van der Waals surface area contributed by atoms with Gasteiger partial charge in [0, 0.05) is 18.2 Å². The van der Waals surface area contributed by atoms with E-state index in [0.29, 0.717) is 12.1 Å². The first-order valence-electron chi connectivity index (χ1n) is 8.44. The lowest BCUT2D eigenvalue weighted by molar-refractivity contribution is -0.884. The summed E-state index contributed by atoms with van der Waals surface area (Å²) in [5.41, 5.74) is 4.52. The molecule has 0 spiro atoms. The second-order valence-corrected chi connectivity index (χ2v) is 6.56. The summed E-state index contributed by atoms with van der Waals surface area (Å²) in [7, 11) is 2.16. The van der Waals surface area contributed by atoms with E-state index >= 15 is 0 Å².